The molecule has 2 aromatic carbocycles. The minimum Gasteiger partial charge on any atom is -0.394 e. The number of non-ortho nitro benzene ring substituents is 1. The van der Waals surface area contributed by atoms with Crippen molar-refractivity contribution in [1.82, 2.24) is 10.6 Å². The number of aliphatic hydroxyl groups excluding tert-OH is 1. The molecule has 0 aliphatic rings. The number of hydrogen-bond donors (Lipinski definition) is 3. The summed E-state index contributed by atoms with van der Waals surface area (Å²) in [7, 11) is 0. The third-order valence-electron chi connectivity index (χ3n) is 3.75. The van der Waals surface area contributed by atoms with Gasteiger partial charge in [0.2, 0.25) is 0 Å². The van der Waals surface area contributed by atoms with Crippen molar-refractivity contribution in [2.75, 3.05) is 38.7 Å². The van der Waals surface area contributed by atoms with Gasteiger partial charge in [-0.2, -0.15) is 0 Å². The third kappa shape index (κ3) is 10.8. The quantitative estimate of drug-likeness (QED) is 0.0715. The van der Waals surface area contributed by atoms with E-state index in [2.05, 4.69) is 27.8 Å². The maximum atomic E-state index is 10.7. The number of nitro groups is 1. The Morgan fingerprint density at radius 3 is 2.43 bits per heavy atom. The number of rotatable bonds is 12. The summed E-state index contributed by atoms with van der Waals surface area (Å²) < 4.78 is 5.25. The molecule has 3 N–H and O–H groups in total. The number of aliphatic hydroxyl groups is 1. The standard InChI is InChI=1S/C20H26N4O4S.HI/c25-12-14-28-13-10-21-20(22-11-15-29-19-4-2-1-3-5-19)23-16-17-6-8-18(9-7-17)24(26)27;/h1-9,25H,10-16H2,(H2,21,22,23);1H. The smallest absolute Gasteiger partial charge is 0.269 e. The average molecular weight is 546 g/mol. The normalized spacial score (nSPS) is 10.9. The van der Waals surface area contributed by atoms with Crippen molar-refractivity contribution in [3.8, 4) is 0 Å². The monoisotopic (exact) mass is 546 g/mol. The summed E-state index contributed by atoms with van der Waals surface area (Å²) in [6.45, 7) is 2.43. The van der Waals surface area contributed by atoms with Gasteiger partial charge in [-0.1, -0.05) is 30.3 Å². The van der Waals surface area contributed by atoms with Crippen molar-refractivity contribution in [2.24, 2.45) is 4.99 Å². The Kier molecular flexibility index (Phi) is 13.8. The highest BCUT2D eigenvalue weighted by Gasteiger charge is 2.04. The van der Waals surface area contributed by atoms with Crippen molar-refractivity contribution in [3.63, 3.8) is 0 Å². The van der Waals surface area contributed by atoms with Crippen LogP contribution in [0.2, 0.25) is 0 Å². The molecule has 0 aromatic heterocycles. The van der Waals surface area contributed by atoms with Gasteiger partial charge in [-0.15, -0.1) is 35.7 Å². The molecule has 8 nitrogen and oxygen atoms in total. The van der Waals surface area contributed by atoms with Crippen molar-refractivity contribution in [2.45, 2.75) is 11.4 Å². The molecule has 0 aliphatic heterocycles. The number of hydrogen-bond acceptors (Lipinski definition) is 6. The van der Waals surface area contributed by atoms with Crippen LogP contribution in [-0.2, 0) is 11.3 Å². The van der Waals surface area contributed by atoms with E-state index in [1.807, 2.05) is 18.2 Å². The Morgan fingerprint density at radius 1 is 1.07 bits per heavy atom. The molecule has 0 radical (unpaired) electrons. The number of aliphatic imine (C=N–C) groups is 1. The van der Waals surface area contributed by atoms with Gasteiger partial charge in [0.25, 0.3) is 5.69 Å². The molecule has 0 atom stereocenters. The molecule has 0 spiro atoms. The topological polar surface area (TPSA) is 109 Å². The number of halogens is 1. The van der Waals surface area contributed by atoms with Gasteiger partial charge in [-0.25, -0.2) is 4.99 Å². The zero-order valence-electron chi connectivity index (χ0n) is 16.5. The minimum absolute atomic E-state index is 0. The second-order valence-corrected chi connectivity index (χ2v) is 7.11. The van der Waals surface area contributed by atoms with Crippen LogP contribution in [0.5, 0.6) is 0 Å². The summed E-state index contributed by atoms with van der Waals surface area (Å²) in [6, 6.07) is 16.5. The highest BCUT2D eigenvalue weighted by Crippen LogP contribution is 2.15. The van der Waals surface area contributed by atoms with Crippen LogP contribution < -0.4 is 10.6 Å². The van der Waals surface area contributed by atoms with E-state index in [9.17, 15) is 10.1 Å². The van der Waals surface area contributed by atoms with Gasteiger partial charge < -0.3 is 20.5 Å². The van der Waals surface area contributed by atoms with Gasteiger partial charge >= 0.3 is 0 Å². The van der Waals surface area contributed by atoms with Crippen LogP contribution in [0.3, 0.4) is 0 Å². The summed E-state index contributed by atoms with van der Waals surface area (Å²) >= 11 is 1.75. The van der Waals surface area contributed by atoms with E-state index in [1.165, 1.54) is 17.0 Å². The van der Waals surface area contributed by atoms with Gasteiger partial charge in [0.1, 0.15) is 0 Å². The predicted molar refractivity (Wildman–Crippen MR) is 131 cm³/mol. The van der Waals surface area contributed by atoms with Crippen molar-refractivity contribution >= 4 is 47.4 Å². The van der Waals surface area contributed by atoms with Crippen LogP contribution in [-0.4, -0.2) is 54.7 Å². The third-order valence-corrected chi connectivity index (χ3v) is 4.76. The SMILES string of the molecule is I.O=[N+]([O-])c1ccc(CN=C(NCCOCCO)NCCSc2ccccc2)cc1. The zero-order valence-corrected chi connectivity index (χ0v) is 19.7. The summed E-state index contributed by atoms with van der Waals surface area (Å²) in [4.78, 5) is 16.1. The molecular formula is C20H27IN4O4S. The summed E-state index contributed by atoms with van der Waals surface area (Å²) in [5.41, 5.74) is 0.945. The summed E-state index contributed by atoms with van der Waals surface area (Å²) in [5.74, 6) is 1.52. The maximum absolute atomic E-state index is 10.7. The van der Waals surface area contributed by atoms with E-state index < -0.39 is 4.92 Å². The van der Waals surface area contributed by atoms with Gasteiger partial charge in [-0.3, -0.25) is 10.1 Å². The Balaban J connectivity index is 0.00000450. The molecular weight excluding hydrogens is 519 g/mol. The lowest BCUT2D eigenvalue weighted by atomic mass is 10.2. The number of guanidine groups is 1. The lowest BCUT2D eigenvalue weighted by Gasteiger charge is -2.13. The number of thioether (sulfide) groups is 1. The molecule has 0 amide bonds. The molecule has 2 rings (SSSR count). The molecule has 2 aromatic rings. The van der Waals surface area contributed by atoms with E-state index in [4.69, 9.17) is 9.84 Å². The van der Waals surface area contributed by atoms with E-state index >= 15 is 0 Å². The predicted octanol–water partition coefficient (Wildman–Crippen LogP) is 3.05. The van der Waals surface area contributed by atoms with Crippen molar-refractivity contribution < 1.29 is 14.8 Å². The molecule has 0 unspecified atom stereocenters. The highest BCUT2D eigenvalue weighted by molar-refractivity contribution is 14.0. The first-order valence-electron chi connectivity index (χ1n) is 9.31. The van der Waals surface area contributed by atoms with E-state index in [0.29, 0.717) is 32.3 Å². The van der Waals surface area contributed by atoms with Crippen LogP contribution in [0.15, 0.2) is 64.5 Å². The average Bonchev–Trinajstić information content (AvgIpc) is 2.75. The maximum Gasteiger partial charge on any atom is 0.269 e. The summed E-state index contributed by atoms with van der Waals surface area (Å²) in [6.07, 6.45) is 0. The highest BCUT2D eigenvalue weighted by atomic mass is 127. The van der Waals surface area contributed by atoms with Crippen molar-refractivity contribution in [3.05, 3.63) is 70.3 Å². The first-order chi connectivity index (χ1) is 14.2. The molecule has 0 fully saturated rings. The van der Waals surface area contributed by atoms with Gasteiger partial charge in [-0.05, 0) is 17.7 Å². The number of nitro benzene ring substituents is 1. The fraction of sp³-hybridized carbons (Fsp3) is 0.350. The van der Waals surface area contributed by atoms with E-state index in [-0.39, 0.29) is 36.3 Å². The molecule has 0 saturated heterocycles. The Morgan fingerprint density at radius 2 is 1.77 bits per heavy atom. The van der Waals surface area contributed by atoms with Crippen LogP contribution >= 0.6 is 35.7 Å². The van der Waals surface area contributed by atoms with E-state index in [1.54, 1.807) is 23.9 Å². The first kappa shape index (κ1) is 26.1. The van der Waals surface area contributed by atoms with Gasteiger partial charge in [0.05, 0.1) is 31.3 Å². The largest absolute Gasteiger partial charge is 0.394 e. The fourth-order valence-corrected chi connectivity index (χ4v) is 3.12. The Hall–Kier alpha value is -1.89. The second kappa shape index (κ2) is 15.9. The van der Waals surface area contributed by atoms with E-state index in [0.717, 1.165) is 17.9 Å². The number of nitrogens with zero attached hydrogens (tertiary/aromatic N) is 2. The molecule has 0 aliphatic carbocycles. The van der Waals surface area contributed by atoms with Crippen LogP contribution in [0.25, 0.3) is 0 Å². The van der Waals surface area contributed by atoms with Crippen LogP contribution in [0.1, 0.15) is 5.56 Å². The minimum atomic E-state index is -0.418. The second-order valence-electron chi connectivity index (χ2n) is 5.94. The fourth-order valence-electron chi connectivity index (χ4n) is 2.33. The lowest BCUT2D eigenvalue weighted by Crippen LogP contribution is -2.40. The summed E-state index contributed by atoms with van der Waals surface area (Å²) in [5, 5.41) is 26.0. The van der Waals surface area contributed by atoms with Crippen LogP contribution in [0, 0.1) is 10.1 Å². The number of ether oxygens (including phenoxy) is 1. The Bertz CT molecular complexity index is 763. The molecule has 164 valence electrons. The first-order valence-corrected chi connectivity index (χ1v) is 10.3. The van der Waals surface area contributed by atoms with Crippen molar-refractivity contribution in [1.29, 1.82) is 0 Å². The van der Waals surface area contributed by atoms with Crippen LogP contribution in [0.4, 0.5) is 5.69 Å². The molecule has 30 heavy (non-hydrogen) atoms. The molecule has 10 heteroatoms. The van der Waals surface area contributed by atoms with Gasteiger partial charge in [0.15, 0.2) is 5.96 Å². The number of nitrogens with one attached hydrogen (secondary N) is 2. The Labute approximate surface area is 197 Å². The molecule has 0 heterocycles. The molecule has 0 bridgehead atoms. The number of benzene rings is 2. The lowest BCUT2D eigenvalue weighted by molar-refractivity contribution is -0.384. The molecule has 0 saturated carbocycles. The zero-order chi connectivity index (χ0) is 20.7. The van der Waals surface area contributed by atoms with Gasteiger partial charge in [0, 0.05) is 35.9 Å².